The maximum absolute atomic E-state index is 13.1. The zero-order valence-electron chi connectivity index (χ0n) is 17.1. The molecule has 3 aliphatic rings. The van der Waals surface area contributed by atoms with Crippen molar-refractivity contribution in [1.29, 1.82) is 0 Å². The summed E-state index contributed by atoms with van der Waals surface area (Å²) in [7, 11) is -3.47. The molecule has 0 unspecified atom stereocenters. The monoisotopic (exact) mass is 429 g/mol. The third-order valence-electron chi connectivity index (χ3n) is 6.47. The molecule has 0 bridgehead atoms. The van der Waals surface area contributed by atoms with Crippen molar-refractivity contribution in [3.05, 3.63) is 34.5 Å². The smallest absolute Gasteiger partial charge is 0.354 e. The Morgan fingerprint density at radius 1 is 1.37 bits per heavy atom. The van der Waals surface area contributed by atoms with Gasteiger partial charge in [-0.2, -0.15) is 5.10 Å². The maximum atomic E-state index is 13.1. The number of rotatable bonds is 3. The summed E-state index contributed by atoms with van der Waals surface area (Å²) in [5, 5.41) is 13.2. The van der Waals surface area contributed by atoms with E-state index in [2.05, 4.69) is 27.8 Å². The molecule has 2 atom stereocenters. The Labute approximate surface area is 176 Å². The lowest BCUT2D eigenvalue weighted by Crippen LogP contribution is -2.21. The van der Waals surface area contributed by atoms with Gasteiger partial charge in [0.25, 0.3) is 0 Å². The zero-order valence-corrected chi connectivity index (χ0v) is 18.0. The van der Waals surface area contributed by atoms with Crippen LogP contribution in [-0.2, 0) is 35.7 Å². The molecule has 1 aromatic carbocycles. The molecule has 0 saturated carbocycles. The summed E-state index contributed by atoms with van der Waals surface area (Å²) in [6.07, 6.45) is 8.44. The summed E-state index contributed by atoms with van der Waals surface area (Å²) >= 11 is 0. The van der Waals surface area contributed by atoms with Crippen molar-refractivity contribution in [3.63, 3.8) is 0 Å². The predicted molar refractivity (Wildman–Crippen MR) is 114 cm³/mol. The average Bonchev–Trinajstić information content (AvgIpc) is 3.44. The Balaban J connectivity index is 1.51. The lowest BCUT2D eigenvalue weighted by molar-refractivity contribution is 0.224. The second kappa shape index (κ2) is 7.39. The summed E-state index contributed by atoms with van der Waals surface area (Å²) in [6.45, 7) is 3.34. The number of hydrogen-bond donors (Lipinski definition) is 2. The number of carbonyl (C=O) groups excluding carboxylic acids is 1. The van der Waals surface area contributed by atoms with Crippen molar-refractivity contribution in [2.24, 2.45) is 9.50 Å². The number of nitrogens with two attached hydrogens (primary N) is 1. The highest BCUT2D eigenvalue weighted by Crippen LogP contribution is 2.45. The summed E-state index contributed by atoms with van der Waals surface area (Å²) in [4.78, 5) is 13.1. The molecular formula is C21H27N5O3S. The van der Waals surface area contributed by atoms with Crippen molar-refractivity contribution in [1.82, 2.24) is 9.78 Å². The van der Waals surface area contributed by atoms with Crippen LogP contribution in [0.2, 0.25) is 0 Å². The average molecular weight is 430 g/mol. The number of carbonyl (C=O) groups is 1. The van der Waals surface area contributed by atoms with Crippen LogP contribution in [0.15, 0.2) is 21.5 Å². The Morgan fingerprint density at radius 2 is 2.23 bits per heavy atom. The molecule has 2 amide bonds. The number of amides is 2. The standard InChI is InChI=1S/C21H27N5O3S/c1-2-13-7-8-15-11-14-5-3-6-16(14)19(18(13)15)24-21(27)25-30(22,28)17-12-23-26-9-4-10-29-20(17)26/h11-13H,2-10H2,1H3,(H3,22,24,25,27,28)/t13-,30-/m0/s1. The normalized spacial score (nSPS) is 21.2. The fourth-order valence-corrected chi connectivity index (χ4v) is 6.07. The van der Waals surface area contributed by atoms with E-state index in [-0.39, 0.29) is 4.90 Å². The van der Waals surface area contributed by atoms with E-state index in [1.165, 1.54) is 28.5 Å². The van der Waals surface area contributed by atoms with Gasteiger partial charge in [-0.05, 0) is 66.7 Å². The van der Waals surface area contributed by atoms with E-state index in [9.17, 15) is 9.00 Å². The summed E-state index contributed by atoms with van der Waals surface area (Å²) in [6, 6.07) is 1.64. The lowest BCUT2D eigenvalue weighted by Gasteiger charge is -2.19. The number of aromatic nitrogens is 2. The molecule has 30 heavy (non-hydrogen) atoms. The van der Waals surface area contributed by atoms with Crippen molar-refractivity contribution in [3.8, 4) is 5.88 Å². The molecule has 0 radical (unpaired) electrons. The number of benzene rings is 1. The first-order valence-corrected chi connectivity index (χ1v) is 12.3. The van der Waals surface area contributed by atoms with Crippen molar-refractivity contribution in [2.75, 3.05) is 11.9 Å². The number of anilines is 1. The second-order valence-electron chi connectivity index (χ2n) is 8.29. The molecule has 2 aliphatic carbocycles. The van der Waals surface area contributed by atoms with E-state index >= 15 is 0 Å². The van der Waals surface area contributed by atoms with Crippen LogP contribution in [0.25, 0.3) is 0 Å². The molecular weight excluding hydrogens is 402 g/mol. The van der Waals surface area contributed by atoms with Gasteiger partial charge < -0.3 is 10.1 Å². The molecule has 160 valence electrons. The highest BCUT2D eigenvalue weighted by Gasteiger charge is 2.30. The number of fused-ring (bicyclic) bond motifs is 3. The van der Waals surface area contributed by atoms with Crippen LogP contribution < -0.4 is 15.2 Å². The van der Waals surface area contributed by atoms with Gasteiger partial charge in [-0.25, -0.2) is 18.8 Å². The van der Waals surface area contributed by atoms with Crippen LogP contribution >= 0.6 is 0 Å². The molecule has 0 saturated heterocycles. The number of aryl methyl sites for hydroxylation is 3. The van der Waals surface area contributed by atoms with Gasteiger partial charge in [0.05, 0.1) is 12.8 Å². The fraction of sp³-hybridized carbons (Fsp3) is 0.524. The quantitative estimate of drug-likeness (QED) is 0.777. The van der Waals surface area contributed by atoms with Crippen LogP contribution in [0.1, 0.15) is 60.8 Å². The minimum Gasteiger partial charge on any atom is -0.477 e. The number of ether oxygens (including phenoxy) is 1. The molecule has 0 spiro atoms. The first-order chi connectivity index (χ1) is 14.5. The first-order valence-electron chi connectivity index (χ1n) is 10.7. The third-order valence-corrected chi connectivity index (χ3v) is 7.81. The van der Waals surface area contributed by atoms with Gasteiger partial charge >= 0.3 is 6.03 Å². The second-order valence-corrected chi connectivity index (χ2v) is 10.0. The van der Waals surface area contributed by atoms with Gasteiger partial charge in [-0.15, -0.1) is 4.36 Å². The Morgan fingerprint density at radius 3 is 3.07 bits per heavy atom. The number of hydrogen-bond acceptors (Lipinski definition) is 4. The minimum atomic E-state index is -3.47. The molecule has 2 heterocycles. The largest absolute Gasteiger partial charge is 0.477 e. The van der Waals surface area contributed by atoms with Crippen molar-refractivity contribution >= 4 is 21.6 Å². The van der Waals surface area contributed by atoms with E-state index in [4.69, 9.17) is 9.88 Å². The minimum absolute atomic E-state index is 0.173. The summed E-state index contributed by atoms with van der Waals surface area (Å²) in [5.74, 6) is 0.775. The topological polar surface area (TPSA) is 112 Å². The van der Waals surface area contributed by atoms with Gasteiger partial charge in [0.15, 0.2) is 9.92 Å². The number of urea groups is 1. The van der Waals surface area contributed by atoms with Crippen LogP contribution in [0.3, 0.4) is 0 Å². The first kappa shape index (κ1) is 19.6. The van der Waals surface area contributed by atoms with E-state index in [1.807, 2.05) is 0 Å². The molecule has 5 rings (SSSR count). The van der Waals surface area contributed by atoms with Crippen LogP contribution in [-0.4, -0.2) is 26.6 Å². The summed E-state index contributed by atoms with van der Waals surface area (Å²) in [5.41, 5.74) is 5.95. The van der Waals surface area contributed by atoms with Gasteiger partial charge in [-0.1, -0.05) is 13.0 Å². The van der Waals surface area contributed by atoms with Gasteiger partial charge in [0, 0.05) is 18.7 Å². The van der Waals surface area contributed by atoms with Gasteiger partial charge in [-0.3, -0.25) is 0 Å². The van der Waals surface area contributed by atoms with Crippen molar-refractivity contribution < 1.29 is 13.7 Å². The lowest BCUT2D eigenvalue weighted by atomic mass is 9.92. The molecule has 8 nitrogen and oxygen atoms in total. The number of nitrogens with one attached hydrogen (secondary N) is 1. The Kier molecular flexibility index (Phi) is 4.82. The van der Waals surface area contributed by atoms with E-state index < -0.39 is 15.9 Å². The van der Waals surface area contributed by atoms with E-state index in [0.29, 0.717) is 24.9 Å². The molecule has 1 aliphatic heterocycles. The third kappa shape index (κ3) is 3.20. The molecule has 2 aromatic rings. The Bertz CT molecular complexity index is 1150. The predicted octanol–water partition coefficient (Wildman–Crippen LogP) is 3.53. The molecule has 0 fully saturated rings. The highest BCUT2D eigenvalue weighted by molar-refractivity contribution is 7.91. The van der Waals surface area contributed by atoms with Gasteiger partial charge in [0.1, 0.15) is 4.90 Å². The molecule has 9 heteroatoms. The Hall–Kier alpha value is -2.39. The van der Waals surface area contributed by atoms with Crippen molar-refractivity contribution in [2.45, 2.75) is 69.2 Å². The number of nitrogens with zero attached hydrogens (tertiary/aromatic N) is 3. The maximum Gasteiger partial charge on any atom is 0.354 e. The molecule has 1 aromatic heterocycles. The fourth-order valence-electron chi connectivity index (χ4n) is 5.07. The zero-order chi connectivity index (χ0) is 20.9. The highest BCUT2D eigenvalue weighted by atomic mass is 32.2. The van der Waals surface area contributed by atoms with Crippen LogP contribution in [0.4, 0.5) is 10.5 Å². The van der Waals surface area contributed by atoms with Crippen LogP contribution in [0, 0.1) is 0 Å². The van der Waals surface area contributed by atoms with Crippen LogP contribution in [0.5, 0.6) is 5.88 Å². The molecule has 3 N–H and O–H groups in total. The summed E-state index contributed by atoms with van der Waals surface area (Å²) < 4.78 is 24.2. The van der Waals surface area contributed by atoms with E-state index in [1.54, 1.807) is 4.68 Å². The SMILES string of the molecule is CC[C@H]1CCc2cc3c(c(NC(=O)N=[S@](N)(=O)c4cnn5c4OCCC5)c21)CCC3. The van der Waals surface area contributed by atoms with Gasteiger partial charge in [0.2, 0.25) is 5.88 Å². The van der Waals surface area contributed by atoms with E-state index in [0.717, 1.165) is 50.6 Å².